The molecule has 1 fully saturated rings. The minimum Gasteiger partial charge on any atom is -0.481 e. The highest BCUT2D eigenvalue weighted by Gasteiger charge is 2.26. The minimum absolute atomic E-state index is 0.0578. The third kappa shape index (κ3) is 6.33. The van der Waals surface area contributed by atoms with Gasteiger partial charge in [-0.3, -0.25) is 4.79 Å². The SMILES string of the molecule is CCOCCN(CC)C(=O)NCC1CCC(C(=O)O)CC1. The molecule has 122 valence electrons. The van der Waals surface area contributed by atoms with E-state index >= 15 is 0 Å². The van der Waals surface area contributed by atoms with Crippen LogP contribution in [0.1, 0.15) is 39.5 Å². The zero-order valence-electron chi connectivity index (χ0n) is 13.1. The lowest BCUT2D eigenvalue weighted by molar-refractivity contribution is -0.143. The molecule has 0 radical (unpaired) electrons. The molecule has 0 aliphatic heterocycles. The molecule has 6 heteroatoms. The summed E-state index contributed by atoms with van der Waals surface area (Å²) in [6.07, 6.45) is 3.19. The van der Waals surface area contributed by atoms with Gasteiger partial charge in [-0.2, -0.15) is 0 Å². The van der Waals surface area contributed by atoms with Gasteiger partial charge in [0.05, 0.1) is 12.5 Å². The lowest BCUT2D eigenvalue weighted by atomic mass is 9.82. The number of likely N-dealkylation sites (N-methyl/N-ethyl adjacent to an activating group) is 1. The molecule has 0 unspecified atom stereocenters. The molecule has 1 rings (SSSR count). The van der Waals surface area contributed by atoms with Crippen molar-refractivity contribution in [3.63, 3.8) is 0 Å². The van der Waals surface area contributed by atoms with Gasteiger partial charge in [-0.25, -0.2) is 4.79 Å². The second-order valence-corrected chi connectivity index (χ2v) is 5.52. The fraction of sp³-hybridized carbons (Fsp3) is 0.867. The van der Waals surface area contributed by atoms with Gasteiger partial charge in [0.25, 0.3) is 0 Å². The van der Waals surface area contributed by atoms with Gasteiger partial charge in [0.15, 0.2) is 0 Å². The average molecular weight is 300 g/mol. The molecule has 0 bridgehead atoms. The summed E-state index contributed by atoms with van der Waals surface area (Å²) >= 11 is 0. The van der Waals surface area contributed by atoms with Crippen LogP contribution in [-0.4, -0.2) is 54.9 Å². The first kappa shape index (κ1) is 17.8. The molecule has 2 N–H and O–H groups in total. The molecule has 6 nitrogen and oxygen atoms in total. The van der Waals surface area contributed by atoms with E-state index < -0.39 is 5.97 Å². The van der Waals surface area contributed by atoms with E-state index in [2.05, 4.69) is 5.32 Å². The Morgan fingerprint density at radius 1 is 1.24 bits per heavy atom. The van der Waals surface area contributed by atoms with Crippen molar-refractivity contribution in [1.82, 2.24) is 10.2 Å². The molecule has 0 atom stereocenters. The first-order valence-corrected chi connectivity index (χ1v) is 7.91. The Labute approximate surface area is 126 Å². The van der Waals surface area contributed by atoms with Crippen molar-refractivity contribution < 1.29 is 19.4 Å². The molecule has 0 saturated heterocycles. The van der Waals surface area contributed by atoms with Gasteiger partial charge in [0.2, 0.25) is 0 Å². The topological polar surface area (TPSA) is 78.9 Å². The van der Waals surface area contributed by atoms with Gasteiger partial charge in [0, 0.05) is 26.2 Å². The smallest absolute Gasteiger partial charge is 0.317 e. The lowest BCUT2D eigenvalue weighted by Crippen LogP contribution is -2.43. The van der Waals surface area contributed by atoms with Gasteiger partial charge in [0.1, 0.15) is 0 Å². The Morgan fingerprint density at radius 2 is 1.90 bits per heavy atom. The lowest BCUT2D eigenvalue weighted by Gasteiger charge is -2.27. The Kier molecular flexibility index (Phi) is 8.12. The van der Waals surface area contributed by atoms with Crippen LogP contribution in [-0.2, 0) is 9.53 Å². The number of nitrogens with one attached hydrogen (secondary N) is 1. The van der Waals surface area contributed by atoms with Gasteiger partial charge < -0.3 is 20.1 Å². The van der Waals surface area contributed by atoms with Crippen LogP contribution in [0.2, 0.25) is 0 Å². The van der Waals surface area contributed by atoms with E-state index in [0.717, 1.165) is 25.7 Å². The summed E-state index contributed by atoms with van der Waals surface area (Å²) in [6, 6.07) is -0.0578. The summed E-state index contributed by atoms with van der Waals surface area (Å²) in [5.74, 6) is -0.490. The molecular formula is C15H28N2O4. The Hall–Kier alpha value is -1.30. The van der Waals surface area contributed by atoms with E-state index in [1.807, 2.05) is 13.8 Å². The maximum absolute atomic E-state index is 12.0. The standard InChI is InChI=1S/C15H28N2O4/c1-3-17(9-10-21-4-2)15(20)16-11-12-5-7-13(8-6-12)14(18)19/h12-13H,3-11H2,1-2H3,(H,16,20)(H,18,19). The van der Waals surface area contributed by atoms with Crippen LogP contribution in [0.4, 0.5) is 4.79 Å². The van der Waals surface area contributed by atoms with Crippen LogP contribution in [0.25, 0.3) is 0 Å². The molecule has 0 spiro atoms. The molecule has 0 heterocycles. The molecule has 0 aromatic carbocycles. The van der Waals surface area contributed by atoms with Crippen LogP contribution in [0, 0.1) is 11.8 Å². The summed E-state index contributed by atoms with van der Waals surface area (Å²) in [5.41, 5.74) is 0. The maximum Gasteiger partial charge on any atom is 0.317 e. The van der Waals surface area contributed by atoms with Crippen molar-refractivity contribution in [3.8, 4) is 0 Å². The van der Waals surface area contributed by atoms with Crippen molar-refractivity contribution in [3.05, 3.63) is 0 Å². The first-order chi connectivity index (χ1) is 10.1. The third-order valence-electron chi connectivity index (χ3n) is 4.12. The highest BCUT2D eigenvalue weighted by Crippen LogP contribution is 2.28. The Morgan fingerprint density at radius 3 is 2.43 bits per heavy atom. The van der Waals surface area contributed by atoms with Crippen molar-refractivity contribution in [2.45, 2.75) is 39.5 Å². The summed E-state index contributed by atoms with van der Waals surface area (Å²) in [4.78, 5) is 24.7. The van der Waals surface area contributed by atoms with E-state index in [-0.39, 0.29) is 11.9 Å². The fourth-order valence-corrected chi connectivity index (χ4v) is 2.68. The number of hydrogen-bond acceptors (Lipinski definition) is 3. The summed E-state index contributed by atoms with van der Waals surface area (Å²) < 4.78 is 5.27. The van der Waals surface area contributed by atoms with Crippen LogP contribution in [0.15, 0.2) is 0 Å². The van der Waals surface area contributed by atoms with E-state index in [0.29, 0.717) is 38.8 Å². The zero-order chi connectivity index (χ0) is 15.7. The van der Waals surface area contributed by atoms with Gasteiger partial charge in [-0.05, 0) is 45.4 Å². The number of carbonyl (C=O) groups excluding carboxylic acids is 1. The fourth-order valence-electron chi connectivity index (χ4n) is 2.68. The van der Waals surface area contributed by atoms with Crippen LogP contribution in [0.3, 0.4) is 0 Å². The predicted octanol–water partition coefficient (Wildman–Crippen LogP) is 1.95. The summed E-state index contributed by atoms with van der Waals surface area (Å²) in [7, 11) is 0. The van der Waals surface area contributed by atoms with Crippen LogP contribution >= 0.6 is 0 Å². The van der Waals surface area contributed by atoms with Gasteiger partial charge in [-0.15, -0.1) is 0 Å². The molecule has 2 amide bonds. The number of carboxylic acid groups (broad SMARTS) is 1. The summed E-state index contributed by atoms with van der Waals surface area (Å²) in [5, 5.41) is 11.9. The van der Waals surface area contributed by atoms with E-state index in [4.69, 9.17) is 9.84 Å². The maximum atomic E-state index is 12.0. The van der Waals surface area contributed by atoms with Crippen molar-refractivity contribution in [1.29, 1.82) is 0 Å². The van der Waals surface area contributed by atoms with E-state index in [1.54, 1.807) is 4.90 Å². The average Bonchev–Trinajstić information content (AvgIpc) is 2.49. The van der Waals surface area contributed by atoms with E-state index in [9.17, 15) is 9.59 Å². The number of carboxylic acids is 1. The van der Waals surface area contributed by atoms with Gasteiger partial charge in [-0.1, -0.05) is 0 Å². The van der Waals surface area contributed by atoms with Crippen molar-refractivity contribution in [2.75, 3.05) is 32.8 Å². The third-order valence-corrected chi connectivity index (χ3v) is 4.12. The Bertz CT molecular complexity index is 328. The van der Waals surface area contributed by atoms with Crippen LogP contribution < -0.4 is 5.32 Å². The first-order valence-electron chi connectivity index (χ1n) is 7.91. The number of urea groups is 1. The highest BCUT2D eigenvalue weighted by atomic mass is 16.5. The second-order valence-electron chi connectivity index (χ2n) is 5.52. The molecule has 0 aromatic heterocycles. The molecule has 1 aliphatic carbocycles. The monoisotopic (exact) mass is 300 g/mol. The van der Waals surface area contributed by atoms with Gasteiger partial charge >= 0.3 is 12.0 Å². The summed E-state index contributed by atoms with van der Waals surface area (Å²) in [6.45, 7) is 6.99. The molecule has 1 saturated carbocycles. The quantitative estimate of drug-likeness (QED) is 0.672. The second kappa shape index (κ2) is 9.60. The normalized spacial score (nSPS) is 21.8. The number of ether oxygens (including phenoxy) is 1. The zero-order valence-corrected chi connectivity index (χ0v) is 13.1. The highest BCUT2D eigenvalue weighted by molar-refractivity contribution is 5.74. The molecule has 21 heavy (non-hydrogen) atoms. The number of hydrogen-bond donors (Lipinski definition) is 2. The van der Waals surface area contributed by atoms with Crippen molar-refractivity contribution >= 4 is 12.0 Å². The van der Waals surface area contributed by atoms with E-state index in [1.165, 1.54) is 0 Å². The number of carbonyl (C=O) groups is 2. The molecule has 1 aliphatic rings. The minimum atomic E-state index is -0.689. The molecule has 0 aromatic rings. The predicted molar refractivity (Wildman–Crippen MR) is 80.2 cm³/mol. The number of rotatable bonds is 8. The molecular weight excluding hydrogens is 272 g/mol. The Balaban J connectivity index is 2.24. The van der Waals surface area contributed by atoms with Crippen LogP contribution in [0.5, 0.6) is 0 Å². The number of nitrogens with zero attached hydrogens (tertiary/aromatic N) is 1. The van der Waals surface area contributed by atoms with Crippen molar-refractivity contribution in [2.24, 2.45) is 11.8 Å². The largest absolute Gasteiger partial charge is 0.481 e. The number of aliphatic carboxylic acids is 1. The number of amides is 2.